The number of aromatic nitrogens is 3. The molecule has 0 amide bonds. The first kappa shape index (κ1) is 25.3. The third-order valence-corrected chi connectivity index (χ3v) is 6.97. The molecule has 1 aliphatic rings. The van der Waals surface area contributed by atoms with Crippen LogP contribution in [0.1, 0.15) is 67.8 Å². The van der Waals surface area contributed by atoms with Crippen LogP contribution in [-0.4, -0.2) is 45.7 Å². The van der Waals surface area contributed by atoms with Crippen molar-refractivity contribution >= 4 is 17.8 Å². The maximum atomic E-state index is 6.17. The van der Waals surface area contributed by atoms with Crippen LogP contribution >= 0.6 is 11.6 Å². The maximum Gasteiger partial charge on any atom is 0.0921 e. The van der Waals surface area contributed by atoms with Gasteiger partial charge in [0.1, 0.15) is 0 Å². The van der Waals surface area contributed by atoms with Gasteiger partial charge in [-0.1, -0.05) is 29.8 Å². The minimum absolute atomic E-state index is 0.266. The third-order valence-electron chi connectivity index (χ3n) is 6.71. The number of unbranched alkanes of at least 4 members (excludes halogenated alkanes) is 2. The van der Waals surface area contributed by atoms with Crippen LogP contribution in [0.25, 0.3) is 0 Å². The molecule has 2 aromatic heterocycles. The molecule has 1 aliphatic heterocycles. The van der Waals surface area contributed by atoms with Crippen molar-refractivity contribution < 1.29 is 0 Å². The Kier molecular flexibility index (Phi) is 10.1. The Bertz CT molecular complexity index is 1040. The lowest BCUT2D eigenvalue weighted by atomic mass is 9.91. The molecule has 0 saturated carbocycles. The average molecular weight is 490 g/mol. The Morgan fingerprint density at radius 3 is 2.46 bits per heavy atom. The topological polar surface area (TPSA) is 57.2 Å². The summed E-state index contributed by atoms with van der Waals surface area (Å²) in [6.07, 6.45) is 18.7. The van der Waals surface area contributed by atoms with E-state index in [0.29, 0.717) is 0 Å². The Morgan fingerprint density at radius 2 is 1.77 bits per heavy atom. The molecule has 3 aromatic rings. The van der Waals surface area contributed by atoms with E-state index >= 15 is 0 Å². The van der Waals surface area contributed by atoms with Crippen molar-refractivity contribution in [2.45, 2.75) is 57.3 Å². The quantitative estimate of drug-likeness (QED) is 0.238. The van der Waals surface area contributed by atoms with E-state index < -0.39 is 0 Å². The number of hydrogen-bond donors (Lipinski definition) is 1. The van der Waals surface area contributed by atoms with Gasteiger partial charge in [0.25, 0.3) is 0 Å². The molecular weight excluding hydrogens is 454 g/mol. The number of aryl methyl sites for hydroxylation is 1. The fraction of sp³-hybridized carbons (Fsp3) is 0.414. The van der Waals surface area contributed by atoms with Crippen LogP contribution in [0.4, 0.5) is 0 Å². The van der Waals surface area contributed by atoms with Crippen molar-refractivity contribution in [1.82, 2.24) is 19.9 Å². The Labute approximate surface area is 214 Å². The molecular formula is C29H36ClN5. The van der Waals surface area contributed by atoms with Crippen LogP contribution in [0.5, 0.6) is 0 Å². The van der Waals surface area contributed by atoms with Crippen LogP contribution < -0.4 is 0 Å². The molecule has 6 heteroatoms. The molecule has 0 fully saturated rings. The summed E-state index contributed by atoms with van der Waals surface area (Å²) in [6.45, 7) is 3.31. The number of pyridine rings is 1. The minimum Gasteiger partial charge on any atom is -0.348 e. The molecule has 0 saturated heterocycles. The van der Waals surface area contributed by atoms with Crippen molar-refractivity contribution in [3.8, 4) is 0 Å². The number of aromatic amines is 1. The zero-order valence-electron chi connectivity index (χ0n) is 20.5. The van der Waals surface area contributed by atoms with E-state index in [9.17, 15) is 0 Å². The SMILES string of the molecule is Clc1ccc(C(CCN(CCCCC2=CN=CC2)CCCCc2cnc[nH]2)c2ccccn2)cc1. The maximum absolute atomic E-state index is 6.17. The molecule has 35 heavy (non-hydrogen) atoms. The van der Waals surface area contributed by atoms with Gasteiger partial charge < -0.3 is 9.88 Å². The number of benzene rings is 1. The van der Waals surface area contributed by atoms with E-state index in [1.165, 1.54) is 42.5 Å². The smallest absolute Gasteiger partial charge is 0.0921 e. The molecule has 5 nitrogen and oxygen atoms in total. The second-order valence-electron chi connectivity index (χ2n) is 9.30. The number of nitrogens with zero attached hydrogens (tertiary/aromatic N) is 4. The number of imidazole rings is 1. The van der Waals surface area contributed by atoms with E-state index in [4.69, 9.17) is 16.6 Å². The van der Waals surface area contributed by atoms with Crippen molar-refractivity contribution in [2.75, 3.05) is 19.6 Å². The van der Waals surface area contributed by atoms with Crippen molar-refractivity contribution in [3.63, 3.8) is 0 Å². The highest BCUT2D eigenvalue weighted by atomic mass is 35.5. The predicted molar refractivity (Wildman–Crippen MR) is 145 cm³/mol. The fourth-order valence-corrected chi connectivity index (χ4v) is 4.84. The van der Waals surface area contributed by atoms with Crippen molar-refractivity contribution in [2.24, 2.45) is 4.99 Å². The van der Waals surface area contributed by atoms with Crippen LogP contribution in [-0.2, 0) is 6.42 Å². The second kappa shape index (κ2) is 14.0. The number of halogens is 1. The van der Waals surface area contributed by atoms with Gasteiger partial charge in [-0.3, -0.25) is 9.98 Å². The van der Waals surface area contributed by atoms with Gasteiger partial charge in [-0.15, -0.1) is 0 Å². The highest BCUT2D eigenvalue weighted by molar-refractivity contribution is 6.30. The lowest BCUT2D eigenvalue weighted by Crippen LogP contribution is -2.28. The van der Waals surface area contributed by atoms with Crippen LogP contribution in [0.15, 0.2) is 78.0 Å². The molecule has 0 bridgehead atoms. The van der Waals surface area contributed by atoms with E-state index in [2.05, 4.69) is 44.1 Å². The first-order valence-electron chi connectivity index (χ1n) is 12.8. The van der Waals surface area contributed by atoms with Gasteiger partial charge in [0.2, 0.25) is 0 Å². The summed E-state index contributed by atoms with van der Waals surface area (Å²) in [4.78, 5) is 18.9. The predicted octanol–water partition coefficient (Wildman–Crippen LogP) is 6.83. The van der Waals surface area contributed by atoms with E-state index in [-0.39, 0.29) is 5.92 Å². The van der Waals surface area contributed by atoms with E-state index in [1.54, 1.807) is 6.33 Å². The number of nitrogens with one attached hydrogen (secondary N) is 1. The highest BCUT2D eigenvalue weighted by Crippen LogP contribution is 2.28. The van der Waals surface area contributed by atoms with E-state index in [0.717, 1.165) is 56.0 Å². The zero-order chi connectivity index (χ0) is 24.1. The summed E-state index contributed by atoms with van der Waals surface area (Å²) in [5.74, 6) is 0.266. The highest BCUT2D eigenvalue weighted by Gasteiger charge is 2.17. The Balaban J connectivity index is 1.34. The lowest BCUT2D eigenvalue weighted by molar-refractivity contribution is 0.255. The van der Waals surface area contributed by atoms with Crippen molar-refractivity contribution in [3.05, 3.63) is 94.9 Å². The number of hydrogen-bond acceptors (Lipinski definition) is 4. The first-order chi connectivity index (χ1) is 17.3. The molecule has 4 rings (SSSR count). The largest absolute Gasteiger partial charge is 0.348 e. The number of aliphatic imine (C=N–C) groups is 1. The standard InChI is InChI=1S/C29H36ClN5/c30-26-12-10-25(11-13-26)28(29-9-1-4-16-33-29)15-20-35(18-5-2-7-24-14-17-31-21-24)19-6-3-8-27-22-32-23-34-27/h1,4,9-13,16-17,21-23,28H,2-3,5-8,14-15,18-20H2,(H,32,34). The second-order valence-corrected chi connectivity index (χ2v) is 9.74. The molecule has 1 aromatic carbocycles. The van der Waals surface area contributed by atoms with Gasteiger partial charge >= 0.3 is 0 Å². The van der Waals surface area contributed by atoms with Crippen molar-refractivity contribution in [1.29, 1.82) is 0 Å². The van der Waals surface area contributed by atoms with Gasteiger partial charge in [0.05, 0.1) is 6.33 Å². The Morgan fingerprint density at radius 1 is 0.943 bits per heavy atom. The fourth-order valence-electron chi connectivity index (χ4n) is 4.72. The summed E-state index contributed by atoms with van der Waals surface area (Å²) in [5, 5.41) is 0.773. The van der Waals surface area contributed by atoms with Gasteiger partial charge in [-0.25, -0.2) is 4.98 Å². The van der Waals surface area contributed by atoms with Crippen LogP contribution in [0, 0.1) is 0 Å². The molecule has 0 spiro atoms. The molecule has 3 heterocycles. The summed E-state index contributed by atoms with van der Waals surface area (Å²) in [7, 11) is 0. The summed E-state index contributed by atoms with van der Waals surface area (Å²) < 4.78 is 0. The minimum atomic E-state index is 0.266. The van der Waals surface area contributed by atoms with Gasteiger partial charge in [-0.05, 0) is 100.0 Å². The normalized spacial score (nSPS) is 13.9. The summed E-state index contributed by atoms with van der Waals surface area (Å²) in [6, 6.07) is 14.5. The molecule has 1 N–H and O–H groups in total. The number of allylic oxidation sites excluding steroid dienone is 1. The van der Waals surface area contributed by atoms with E-state index in [1.807, 2.05) is 43.0 Å². The van der Waals surface area contributed by atoms with Crippen LogP contribution in [0.3, 0.4) is 0 Å². The first-order valence-corrected chi connectivity index (χ1v) is 13.2. The monoisotopic (exact) mass is 489 g/mol. The number of rotatable bonds is 15. The molecule has 1 unspecified atom stereocenters. The zero-order valence-corrected chi connectivity index (χ0v) is 21.2. The summed E-state index contributed by atoms with van der Waals surface area (Å²) in [5.41, 5.74) is 5.10. The summed E-state index contributed by atoms with van der Waals surface area (Å²) >= 11 is 6.17. The van der Waals surface area contributed by atoms with Gasteiger partial charge in [0.15, 0.2) is 0 Å². The van der Waals surface area contributed by atoms with Gasteiger partial charge in [-0.2, -0.15) is 0 Å². The average Bonchev–Trinajstić information content (AvgIpc) is 3.60. The van der Waals surface area contributed by atoms with Gasteiger partial charge in [0, 0.05) is 53.6 Å². The molecule has 0 aliphatic carbocycles. The number of H-pyrrole nitrogens is 1. The van der Waals surface area contributed by atoms with Crippen LogP contribution in [0.2, 0.25) is 5.02 Å². The molecule has 0 radical (unpaired) electrons. The molecule has 1 atom stereocenters. The third kappa shape index (κ3) is 8.44. The Hall–Kier alpha value is -2.76. The molecule has 184 valence electrons. The lowest BCUT2D eigenvalue weighted by Gasteiger charge is -2.25.